The molecule has 2 aromatic heterocycles. The lowest BCUT2D eigenvalue weighted by atomic mass is 9.95. The van der Waals surface area contributed by atoms with Crippen LogP contribution in [0.2, 0.25) is 0 Å². The average molecular weight is 327 g/mol. The van der Waals surface area contributed by atoms with Crippen LogP contribution in [0.1, 0.15) is 50.2 Å². The SMILES string of the molecule is CCC(C)c1cccc2c(CCCCN)c(-c3cccs3)[nH]c12. The zero-order valence-corrected chi connectivity index (χ0v) is 14.9. The van der Waals surface area contributed by atoms with Crippen molar-refractivity contribution < 1.29 is 0 Å². The molecule has 0 amide bonds. The van der Waals surface area contributed by atoms with Gasteiger partial charge in [-0.25, -0.2) is 0 Å². The topological polar surface area (TPSA) is 41.8 Å². The molecule has 0 bridgehead atoms. The first-order valence-electron chi connectivity index (χ1n) is 8.63. The summed E-state index contributed by atoms with van der Waals surface area (Å²) in [6, 6.07) is 11.1. The summed E-state index contributed by atoms with van der Waals surface area (Å²) in [7, 11) is 0. The second-order valence-corrected chi connectivity index (χ2v) is 7.23. The number of nitrogens with one attached hydrogen (secondary N) is 1. The van der Waals surface area contributed by atoms with Gasteiger partial charge in [0, 0.05) is 10.9 Å². The van der Waals surface area contributed by atoms with Crippen LogP contribution in [-0.2, 0) is 6.42 Å². The minimum atomic E-state index is 0.574. The largest absolute Gasteiger partial charge is 0.353 e. The lowest BCUT2D eigenvalue weighted by Crippen LogP contribution is -1.99. The Morgan fingerprint density at radius 2 is 2.04 bits per heavy atom. The fourth-order valence-electron chi connectivity index (χ4n) is 3.26. The molecule has 23 heavy (non-hydrogen) atoms. The molecule has 1 aromatic carbocycles. The van der Waals surface area contributed by atoms with Crippen LogP contribution in [0.25, 0.3) is 21.5 Å². The number of unbranched alkanes of at least 4 members (excludes halogenated alkanes) is 1. The first-order chi connectivity index (χ1) is 11.3. The quantitative estimate of drug-likeness (QED) is 0.538. The molecule has 0 radical (unpaired) electrons. The van der Waals surface area contributed by atoms with Crippen molar-refractivity contribution in [2.75, 3.05) is 6.54 Å². The van der Waals surface area contributed by atoms with E-state index in [-0.39, 0.29) is 0 Å². The summed E-state index contributed by atoms with van der Waals surface area (Å²) < 4.78 is 0. The third kappa shape index (κ3) is 3.22. The summed E-state index contributed by atoms with van der Waals surface area (Å²) in [4.78, 5) is 5.09. The Morgan fingerprint density at radius 1 is 1.17 bits per heavy atom. The Hall–Kier alpha value is -1.58. The Kier molecular flexibility index (Phi) is 5.19. The number of aromatic nitrogens is 1. The summed E-state index contributed by atoms with van der Waals surface area (Å²) in [6.07, 6.45) is 4.49. The fourth-order valence-corrected chi connectivity index (χ4v) is 4.02. The van der Waals surface area contributed by atoms with Gasteiger partial charge in [0.1, 0.15) is 0 Å². The number of aryl methyl sites for hydroxylation is 1. The number of thiophene rings is 1. The number of benzene rings is 1. The molecule has 0 saturated carbocycles. The van der Waals surface area contributed by atoms with Gasteiger partial charge in [-0.2, -0.15) is 0 Å². The van der Waals surface area contributed by atoms with E-state index in [0.29, 0.717) is 5.92 Å². The molecule has 1 unspecified atom stereocenters. The molecular formula is C20H26N2S. The summed E-state index contributed by atoms with van der Waals surface area (Å²) in [5.41, 5.74) is 11.2. The van der Waals surface area contributed by atoms with E-state index >= 15 is 0 Å². The van der Waals surface area contributed by atoms with Crippen molar-refractivity contribution in [3.63, 3.8) is 0 Å². The number of H-pyrrole nitrogens is 1. The van der Waals surface area contributed by atoms with Crippen LogP contribution >= 0.6 is 11.3 Å². The lowest BCUT2D eigenvalue weighted by molar-refractivity contribution is 0.738. The predicted molar refractivity (Wildman–Crippen MR) is 102 cm³/mol. The highest BCUT2D eigenvalue weighted by molar-refractivity contribution is 7.13. The molecule has 3 aromatic rings. The molecule has 3 rings (SSSR count). The normalized spacial score (nSPS) is 12.8. The Bertz CT molecular complexity index is 755. The van der Waals surface area contributed by atoms with Crippen molar-refractivity contribution in [2.45, 2.75) is 45.4 Å². The zero-order valence-electron chi connectivity index (χ0n) is 14.1. The van der Waals surface area contributed by atoms with Crippen LogP contribution < -0.4 is 5.73 Å². The Balaban J connectivity index is 2.14. The summed E-state index contributed by atoms with van der Waals surface area (Å²) >= 11 is 1.81. The number of nitrogens with two attached hydrogens (primary N) is 1. The molecule has 1 atom stereocenters. The van der Waals surface area contributed by atoms with E-state index in [9.17, 15) is 0 Å². The molecule has 0 aliphatic rings. The monoisotopic (exact) mass is 326 g/mol. The van der Waals surface area contributed by atoms with E-state index in [1.54, 1.807) is 0 Å². The van der Waals surface area contributed by atoms with Gasteiger partial charge in [-0.3, -0.25) is 0 Å². The molecule has 3 N–H and O–H groups in total. The number of para-hydroxylation sites is 1. The number of fused-ring (bicyclic) bond motifs is 1. The van der Waals surface area contributed by atoms with Crippen molar-refractivity contribution >= 4 is 22.2 Å². The summed E-state index contributed by atoms with van der Waals surface area (Å²) in [6.45, 7) is 5.35. The maximum atomic E-state index is 5.69. The molecule has 2 heterocycles. The number of aromatic amines is 1. The lowest BCUT2D eigenvalue weighted by Gasteiger charge is -2.10. The van der Waals surface area contributed by atoms with Gasteiger partial charge < -0.3 is 10.7 Å². The highest BCUT2D eigenvalue weighted by atomic mass is 32.1. The first-order valence-corrected chi connectivity index (χ1v) is 9.51. The van der Waals surface area contributed by atoms with Gasteiger partial charge >= 0.3 is 0 Å². The van der Waals surface area contributed by atoms with Gasteiger partial charge in [-0.15, -0.1) is 11.3 Å². The van der Waals surface area contributed by atoms with Crippen molar-refractivity contribution in [3.05, 3.63) is 46.8 Å². The van der Waals surface area contributed by atoms with E-state index in [2.05, 4.69) is 54.5 Å². The molecule has 0 aliphatic heterocycles. The van der Waals surface area contributed by atoms with E-state index in [1.165, 1.54) is 32.6 Å². The van der Waals surface area contributed by atoms with Crippen LogP contribution in [0, 0.1) is 0 Å². The first kappa shape index (κ1) is 16.3. The second kappa shape index (κ2) is 7.33. The van der Waals surface area contributed by atoms with Crippen molar-refractivity contribution in [1.29, 1.82) is 0 Å². The van der Waals surface area contributed by atoms with Crippen LogP contribution in [0.4, 0.5) is 0 Å². The standard InChI is InChI=1S/C20H26N2S/c1-3-14(2)15-9-6-10-16-17(8-4-5-12-21)20(22-19(15)16)18-11-7-13-23-18/h6-7,9-11,13-14,22H,3-5,8,12,21H2,1-2H3. The zero-order chi connectivity index (χ0) is 16.2. The molecule has 0 aliphatic carbocycles. The molecule has 0 spiro atoms. The molecule has 122 valence electrons. The third-order valence-electron chi connectivity index (χ3n) is 4.77. The molecular weight excluding hydrogens is 300 g/mol. The number of hydrogen-bond donors (Lipinski definition) is 2. The van der Waals surface area contributed by atoms with Crippen molar-refractivity contribution in [1.82, 2.24) is 4.98 Å². The van der Waals surface area contributed by atoms with Gasteiger partial charge in [-0.1, -0.05) is 38.1 Å². The van der Waals surface area contributed by atoms with Crippen LogP contribution in [-0.4, -0.2) is 11.5 Å². The Labute approximate surface area is 142 Å². The minimum Gasteiger partial charge on any atom is -0.353 e. The van der Waals surface area contributed by atoms with Crippen molar-refractivity contribution in [2.24, 2.45) is 5.73 Å². The smallest absolute Gasteiger partial charge is 0.0598 e. The molecule has 2 nitrogen and oxygen atoms in total. The van der Waals surface area contributed by atoms with E-state index in [4.69, 9.17) is 5.73 Å². The highest BCUT2D eigenvalue weighted by Crippen LogP contribution is 2.37. The molecule has 0 saturated heterocycles. The van der Waals surface area contributed by atoms with Crippen LogP contribution in [0.5, 0.6) is 0 Å². The van der Waals surface area contributed by atoms with Gasteiger partial charge in [-0.05, 0) is 60.7 Å². The van der Waals surface area contributed by atoms with Crippen LogP contribution in [0.3, 0.4) is 0 Å². The summed E-state index contributed by atoms with van der Waals surface area (Å²) in [5, 5.41) is 3.54. The third-order valence-corrected chi connectivity index (χ3v) is 5.65. The average Bonchev–Trinajstić information content (AvgIpc) is 3.21. The summed E-state index contributed by atoms with van der Waals surface area (Å²) in [5.74, 6) is 0.574. The van der Waals surface area contributed by atoms with Gasteiger partial charge in [0.05, 0.1) is 10.6 Å². The number of hydrogen-bond acceptors (Lipinski definition) is 2. The molecule has 0 fully saturated rings. The van der Waals surface area contributed by atoms with Gasteiger partial charge in [0.15, 0.2) is 0 Å². The van der Waals surface area contributed by atoms with Crippen LogP contribution in [0.15, 0.2) is 35.7 Å². The molecule has 3 heteroatoms. The van der Waals surface area contributed by atoms with Crippen molar-refractivity contribution in [3.8, 4) is 10.6 Å². The number of rotatable bonds is 7. The highest BCUT2D eigenvalue weighted by Gasteiger charge is 2.17. The van der Waals surface area contributed by atoms with E-state index in [0.717, 1.165) is 32.2 Å². The fraction of sp³-hybridized carbons (Fsp3) is 0.400. The maximum absolute atomic E-state index is 5.69. The van der Waals surface area contributed by atoms with Gasteiger partial charge in [0.2, 0.25) is 0 Å². The van der Waals surface area contributed by atoms with E-state index < -0.39 is 0 Å². The Morgan fingerprint density at radius 3 is 2.74 bits per heavy atom. The second-order valence-electron chi connectivity index (χ2n) is 6.28. The minimum absolute atomic E-state index is 0.574. The maximum Gasteiger partial charge on any atom is 0.0598 e. The van der Waals surface area contributed by atoms with Gasteiger partial charge in [0.25, 0.3) is 0 Å². The van der Waals surface area contributed by atoms with E-state index in [1.807, 2.05) is 11.3 Å². The predicted octanol–water partition coefficient (Wildman–Crippen LogP) is 5.69.